The Morgan fingerprint density at radius 2 is 2.33 bits per heavy atom. The molecule has 0 aliphatic carbocycles. The van der Waals surface area contributed by atoms with E-state index in [0.717, 1.165) is 5.69 Å². The minimum atomic E-state index is -0.442. The third-order valence-electron chi connectivity index (χ3n) is 1.04. The predicted octanol–water partition coefficient (Wildman–Crippen LogP) is 1.70. The van der Waals surface area contributed by atoms with E-state index in [1.165, 1.54) is 0 Å². The van der Waals surface area contributed by atoms with Crippen LogP contribution in [0.3, 0.4) is 0 Å². The fourth-order valence-corrected chi connectivity index (χ4v) is 0.729. The third kappa shape index (κ3) is 1.33. The number of nitrogens with one attached hydrogen (secondary N) is 1. The quantitative estimate of drug-likeness (QED) is 0.597. The summed E-state index contributed by atoms with van der Waals surface area (Å²) in [6.45, 7) is 1.86. The Balaban J connectivity index is 2.98. The van der Waals surface area contributed by atoms with Crippen molar-refractivity contribution in [2.75, 3.05) is 0 Å². The summed E-state index contributed by atoms with van der Waals surface area (Å²) in [5.41, 5.74) is 1.40. The minimum Gasteiger partial charge on any atom is -0.355 e. The summed E-state index contributed by atoms with van der Waals surface area (Å²) in [6, 6.07) is 3.46. The second kappa shape index (κ2) is 2.23. The number of rotatable bonds is 1. The van der Waals surface area contributed by atoms with E-state index in [1.807, 2.05) is 6.92 Å². The van der Waals surface area contributed by atoms with Gasteiger partial charge in [-0.25, -0.2) is 0 Å². The molecule has 3 heteroatoms. The van der Waals surface area contributed by atoms with Crippen molar-refractivity contribution in [2.45, 2.75) is 6.92 Å². The molecule has 9 heavy (non-hydrogen) atoms. The van der Waals surface area contributed by atoms with Gasteiger partial charge in [0.1, 0.15) is 0 Å². The molecule has 0 bridgehead atoms. The van der Waals surface area contributed by atoms with Gasteiger partial charge in [-0.1, -0.05) is 0 Å². The zero-order valence-corrected chi connectivity index (χ0v) is 5.70. The molecule has 0 amide bonds. The molecule has 0 spiro atoms. The zero-order chi connectivity index (χ0) is 6.85. The van der Waals surface area contributed by atoms with E-state index >= 15 is 0 Å². The lowest BCUT2D eigenvalue weighted by Gasteiger charge is -1.82. The highest BCUT2D eigenvalue weighted by atomic mass is 35.5. The number of carbonyl (C=O) groups is 1. The second-order valence-corrected chi connectivity index (χ2v) is 2.17. The Kier molecular flexibility index (Phi) is 1.58. The standard InChI is InChI=1S/C6H6ClNO/c1-4-2-3-5(8-4)6(7)9/h2-3,8H,1H3. The fraction of sp³-hybridized carbons (Fsp3) is 0.167. The summed E-state index contributed by atoms with van der Waals surface area (Å²) >= 11 is 5.15. The normalized spacial score (nSPS) is 9.56. The van der Waals surface area contributed by atoms with Crippen LogP contribution in [0.25, 0.3) is 0 Å². The Labute approximate surface area is 57.8 Å². The lowest BCUT2D eigenvalue weighted by molar-refractivity contribution is 0.107. The van der Waals surface area contributed by atoms with E-state index in [-0.39, 0.29) is 0 Å². The molecular formula is C6H6ClNO. The van der Waals surface area contributed by atoms with Crippen LogP contribution in [-0.4, -0.2) is 10.2 Å². The van der Waals surface area contributed by atoms with Crippen LogP contribution in [0, 0.1) is 6.92 Å². The largest absolute Gasteiger partial charge is 0.355 e. The van der Waals surface area contributed by atoms with Gasteiger partial charge >= 0.3 is 0 Å². The summed E-state index contributed by atoms with van der Waals surface area (Å²) in [6.07, 6.45) is 0. The molecule has 2 nitrogen and oxygen atoms in total. The molecule has 0 radical (unpaired) electrons. The van der Waals surface area contributed by atoms with Crippen LogP contribution in [0.4, 0.5) is 0 Å². The van der Waals surface area contributed by atoms with Crippen molar-refractivity contribution in [1.82, 2.24) is 4.98 Å². The molecule has 0 atom stereocenters. The van der Waals surface area contributed by atoms with E-state index in [4.69, 9.17) is 11.6 Å². The lowest BCUT2D eigenvalue weighted by Crippen LogP contribution is -1.86. The van der Waals surface area contributed by atoms with Gasteiger partial charge in [-0.05, 0) is 30.7 Å². The van der Waals surface area contributed by atoms with Crippen molar-refractivity contribution in [2.24, 2.45) is 0 Å². The van der Waals surface area contributed by atoms with Crippen molar-refractivity contribution in [3.05, 3.63) is 23.5 Å². The maximum absolute atomic E-state index is 10.4. The van der Waals surface area contributed by atoms with Gasteiger partial charge in [0.25, 0.3) is 5.24 Å². The molecule has 48 valence electrons. The lowest BCUT2D eigenvalue weighted by atomic mass is 10.4. The number of aromatic amines is 1. The first-order valence-electron chi connectivity index (χ1n) is 2.55. The van der Waals surface area contributed by atoms with Crippen LogP contribution in [0.15, 0.2) is 12.1 Å². The van der Waals surface area contributed by atoms with E-state index in [0.29, 0.717) is 5.69 Å². The molecular weight excluding hydrogens is 138 g/mol. The Bertz CT molecular complexity index is 229. The highest BCUT2D eigenvalue weighted by Gasteiger charge is 2.00. The number of hydrogen-bond acceptors (Lipinski definition) is 1. The summed E-state index contributed by atoms with van der Waals surface area (Å²) in [5.74, 6) is 0. The maximum atomic E-state index is 10.4. The van der Waals surface area contributed by atoms with E-state index in [9.17, 15) is 4.79 Å². The molecule has 0 aliphatic rings. The Hall–Kier alpha value is -0.760. The third-order valence-corrected chi connectivity index (χ3v) is 1.25. The molecule has 1 rings (SSSR count). The molecule has 0 saturated heterocycles. The molecule has 1 aromatic heterocycles. The molecule has 0 aliphatic heterocycles. The van der Waals surface area contributed by atoms with Crippen molar-refractivity contribution in [3.63, 3.8) is 0 Å². The van der Waals surface area contributed by atoms with Crippen molar-refractivity contribution < 1.29 is 4.79 Å². The number of aryl methyl sites for hydroxylation is 1. The van der Waals surface area contributed by atoms with Gasteiger partial charge < -0.3 is 4.98 Å². The van der Waals surface area contributed by atoms with Crippen LogP contribution in [0.1, 0.15) is 16.2 Å². The summed E-state index contributed by atoms with van der Waals surface area (Å²) < 4.78 is 0. The topological polar surface area (TPSA) is 32.9 Å². The average molecular weight is 144 g/mol. The van der Waals surface area contributed by atoms with Gasteiger partial charge in [-0.3, -0.25) is 4.79 Å². The van der Waals surface area contributed by atoms with Gasteiger partial charge in [-0.2, -0.15) is 0 Å². The molecule has 0 unspecified atom stereocenters. The molecule has 0 saturated carbocycles. The Morgan fingerprint density at radius 1 is 1.67 bits per heavy atom. The zero-order valence-electron chi connectivity index (χ0n) is 4.94. The summed E-state index contributed by atoms with van der Waals surface area (Å²) in [5, 5.41) is -0.442. The fourth-order valence-electron chi connectivity index (χ4n) is 0.619. The molecule has 1 N–H and O–H groups in total. The smallest absolute Gasteiger partial charge is 0.268 e. The van der Waals surface area contributed by atoms with Crippen LogP contribution in [0.5, 0.6) is 0 Å². The highest BCUT2D eigenvalue weighted by molar-refractivity contribution is 6.67. The number of hydrogen-bond donors (Lipinski definition) is 1. The average Bonchev–Trinajstić information content (AvgIpc) is 2.14. The van der Waals surface area contributed by atoms with Crippen LogP contribution in [-0.2, 0) is 0 Å². The molecule has 1 aromatic rings. The Morgan fingerprint density at radius 3 is 2.56 bits per heavy atom. The van der Waals surface area contributed by atoms with E-state index < -0.39 is 5.24 Å². The van der Waals surface area contributed by atoms with Crippen molar-refractivity contribution in [1.29, 1.82) is 0 Å². The summed E-state index contributed by atoms with van der Waals surface area (Å²) in [7, 11) is 0. The van der Waals surface area contributed by atoms with Crippen molar-refractivity contribution >= 4 is 16.8 Å². The minimum absolute atomic E-state index is 0.442. The van der Waals surface area contributed by atoms with Crippen LogP contribution >= 0.6 is 11.6 Å². The van der Waals surface area contributed by atoms with Crippen LogP contribution < -0.4 is 0 Å². The van der Waals surface area contributed by atoms with E-state index in [1.54, 1.807) is 12.1 Å². The highest BCUT2D eigenvalue weighted by Crippen LogP contribution is 2.02. The van der Waals surface area contributed by atoms with Gasteiger partial charge in [0.05, 0.1) is 5.69 Å². The predicted molar refractivity (Wildman–Crippen MR) is 35.7 cm³/mol. The second-order valence-electron chi connectivity index (χ2n) is 1.83. The molecule has 0 aromatic carbocycles. The first kappa shape index (κ1) is 6.36. The van der Waals surface area contributed by atoms with Crippen molar-refractivity contribution in [3.8, 4) is 0 Å². The van der Waals surface area contributed by atoms with Gasteiger partial charge in [0.2, 0.25) is 0 Å². The van der Waals surface area contributed by atoms with Gasteiger partial charge in [0, 0.05) is 5.69 Å². The number of carbonyl (C=O) groups excluding carboxylic acids is 1. The number of aromatic nitrogens is 1. The number of H-pyrrole nitrogens is 1. The molecule has 1 heterocycles. The monoisotopic (exact) mass is 143 g/mol. The SMILES string of the molecule is Cc1ccc(C(=O)Cl)[nH]1. The number of halogens is 1. The maximum Gasteiger partial charge on any atom is 0.268 e. The van der Waals surface area contributed by atoms with Crippen LogP contribution in [0.2, 0.25) is 0 Å². The first-order valence-corrected chi connectivity index (χ1v) is 2.93. The summed E-state index contributed by atoms with van der Waals surface area (Å²) in [4.78, 5) is 13.2. The van der Waals surface area contributed by atoms with Gasteiger partial charge in [-0.15, -0.1) is 0 Å². The van der Waals surface area contributed by atoms with Gasteiger partial charge in [0.15, 0.2) is 0 Å². The van der Waals surface area contributed by atoms with E-state index in [2.05, 4.69) is 4.98 Å². The first-order chi connectivity index (χ1) is 4.20. The molecule has 0 fully saturated rings.